The van der Waals surface area contributed by atoms with Crippen LogP contribution in [-0.2, 0) is 0 Å². The molecule has 0 bridgehead atoms. The Morgan fingerprint density at radius 3 is 2.47 bits per heavy atom. The van der Waals surface area contributed by atoms with Gasteiger partial charge in [0.05, 0.1) is 3.57 Å². The van der Waals surface area contributed by atoms with E-state index in [1.54, 1.807) is 24.3 Å². The van der Waals surface area contributed by atoms with Crippen molar-refractivity contribution in [3.63, 3.8) is 0 Å². The molecular weight excluding hydrogens is 346 g/mol. The van der Waals surface area contributed by atoms with Crippen LogP contribution in [0.3, 0.4) is 0 Å². The molecular formula is C11H5F3INO. The van der Waals surface area contributed by atoms with Gasteiger partial charge in [0, 0.05) is 6.07 Å². The van der Waals surface area contributed by atoms with Crippen LogP contribution in [0.15, 0.2) is 30.3 Å². The van der Waals surface area contributed by atoms with Gasteiger partial charge in [-0.1, -0.05) is 12.1 Å². The number of halogens is 4. The second-order valence-corrected chi connectivity index (χ2v) is 4.24. The zero-order valence-corrected chi connectivity index (χ0v) is 10.4. The summed E-state index contributed by atoms with van der Waals surface area (Å²) in [5.74, 6) is -4.06. The Balaban J connectivity index is 2.37. The lowest BCUT2D eigenvalue weighted by atomic mass is 10.3. The maximum absolute atomic E-state index is 13.3. The number of rotatable bonds is 2. The van der Waals surface area contributed by atoms with E-state index in [-0.39, 0.29) is 0 Å². The van der Waals surface area contributed by atoms with Crippen LogP contribution >= 0.6 is 22.6 Å². The quantitative estimate of drug-likeness (QED) is 0.605. The summed E-state index contributed by atoms with van der Waals surface area (Å²) < 4.78 is 44.5. The lowest BCUT2D eigenvalue weighted by Crippen LogP contribution is -1.98. The predicted octanol–water partition coefficient (Wildman–Crippen LogP) is 3.90. The van der Waals surface area contributed by atoms with E-state index < -0.39 is 23.5 Å². The Morgan fingerprint density at radius 2 is 1.76 bits per heavy atom. The second kappa shape index (κ2) is 4.91. The average Bonchev–Trinajstić information content (AvgIpc) is 2.29. The molecule has 2 rings (SSSR count). The Morgan fingerprint density at radius 1 is 1.06 bits per heavy atom. The van der Waals surface area contributed by atoms with Gasteiger partial charge in [-0.2, -0.15) is 9.37 Å². The molecule has 0 atom stereocenters. The van der Waals surface area contributed by atoms with E-state index in [1.807, 2.05) is 22.6 Å². The van der Waals surface area contributed by atoms with Crippen LogP contribution in [0.1, 0.15) is 0 Å². The van der Waals surface area contributed by atoms with Crippen molar-refractivity contribution in [2.45, 2.75) is 0 Å². The number of aromatic nitrogens is 1. The first-order valence-corrected chi connectivity index (χ1v) is 5.59. The minimum absolute atomic E-state index is 0.325. The second-order valence-electron chi connectivity index (χ2n) is 3.08. The summed E-state index contributed by atoms with van der Waals surface area (Å²) in [7, 11) is 0. The summed E-state index contributed by atoms with van der Waals surface area (Å²) in [6, 6.07) is 7.14. The molecule has 6 heteroatoms. The first kappa shape index (κ1) is 12.2. The fourth-order valence-electron chi connectivity index (χ4n) is 1.13. The molecule has 0 radical (unpaired) electrons. The molecule has 1 aromatic heterocycles. The number of benzene rings is 1. The molecule has 88 valence electrons. The summed E-state index contributed by atoms with van der Waals surface area (Å²) in [4.78, 5) is 3.07. The summed E-state index contributed by atoms with van der Waals surface area (Å²) in [6.45, 7) is 0. The maximum Gasteiger partial charge on any atom is 0.258 e. The van der Waals surface area contributed by atoms with E-state index >= 15 is 0 Å². The van der Waals surface area contributed by atoms with E-state index in [0.717, 1.165) is 0 Å². The van der Waals surface area contributed by atoms with Crippen molar-refractivity contribution >= 4 is 22.6 Å². The third kappa shape index (κ3) is 2.68. The van der Waals surface area contributed by atoms with Crippen LogP contribution in [0.2, 0.25) is 0 Å². The first-order valence-electron chi connectivity index (χ1n) is 4.52. The van der Waals surface area contributed by atoms with Crippen molar-refractivity contribution in [2.75, 3.05) is 0 Å². The molecule has 2 nitrogen and oxygen atoms in total. The molecule has 0 saturated carbocycles. The van der Waals surface area contributed by atoms with Gasteiger partial charge in [0.25, 0.3) is 11.8 Å². The maximum atomic E-state index is 13.3. The molecule has 0 saturated heterocycles. The zero-order valence-electron chi connectivity index (χ0n) is 8.25. The van der Waals surface area contributed by atoms with Gasteiger partial charge in [-0.25, -0.2) is 8.78 Å². The van der Waals surface area contributed by atoms with Crippen molar-refractivity contribution in [2.24, 2.45) is 0 Å². The van der Waals surface area contributed by atoms with Gasteiger partial charge in [0.2, 0.25) is 0 Å². The third-order valence-corrected chi connectivity index (χ3v) is 2.79. The molecule has 0 aliphatic carbocycles. The van der Waals surface area contributed by atoms with Crippen molar-refractivity contribution in [1.82, 2.24) is 4.98 Å². The molecule has 0 fully saturated rings. The summed E-state index contributed by atoms with van der Waals surface area (Å²) in [5, 5.41) is 0. The number of hydrogen-bond acceptors (Lipinski definition) is 2. The number of nitrogens with zero attached hydrogens (tertiary/aromatic N) is 1. The molecule has 0 aliphatic rings. The lowest BCUT2D eigenvalue weighted by molar-refractivity contribution is 0.385. The van der Waals surface area contributed by atoms with E-state index in [1.165, 1.54) is 0 Å². The average molecular weight is 351 g/mol. The van der Waals surface area contributed by atoms with Gasteiger partial charge in [-0.15, -0.1) is 0 Å². The highest BCUT2D eigenvalue weighted by Crippen LogP contribution is 2.27. The van der Waals surface area contributed by atoms with Crippen LogP contribution < -0.4 is 4.74 Å². The Labute approximate surface area is 109 Å². The number of pyridine rings is 1. The minimum atomic E-state index is -1.40. The van der Waals surface area contributed by atoms with E-state index in [4.69, 9.17) is 4.74 Å². The molecule has 1 heterocycles. The fourth-order valence-corrected chi connectivity index (χ4v) is 1.63. The molecule has 0 unspecified atom stereocenters. The third-order valence-electron chi connectivity index (χ3n) is 1.90. The van der Waals surface area contributed by atoms with Crippen molar-refractivity contribution in [3.05, 3.63) is 51.5 Å². The highest BCUT2D eigenvalue weighted by Gasteiger charge is 2.14. The highest BCUT2D eigenvalue weighted by molar-refractivity contribution is 14.1. The fraction of sp³-hybridized carbons (Fsp3) is 0. The zero-order chi connectivity index (χ0) is 12.4. The largest absolute Gasteiger partial charge is 0.435 e. The lowest BCUT2D eigenvalue weighted by Gasteiger charge is -2.07. The van der Waals surface area contributed by atoms with Gasteiger partial charge in [-0.05, 0) is 34.7 Å². The number of hydrogen-bond donors (Lipinski definition) is 0. The van der Waals surface area contributed by atoms with Gasteiger partial charge < -0.3 is 4.74 Å². The van der Waals surface area contributed by atoms with Gasteiger partial charge in [0.1, 0.15) is 5.75 Å². The van der Waals surface area contributed by atoms with E-state index in [9.17, 15) is 13.2 Å². The van der Waals surface area contributed by atoms with Gasteiger partial charge in [0.15, 0.2) is 11.6 Å². The van der Waals surface area contributed by atoms with Crippen LogP contribution in [0, 0.1) is 21.2 Å². The molecule has 0 N–H and O–H groups in total. The Kier molecular flexibility index (Phi) is 3.51. The van der Waals surface area contributed by atoms with Crippen molar-refractivity contribution in [1.29, 1.82) is 0 Å². The Bertz CT molecular complexity index is 562. The Hall–Kier alpha value is -1.31. The highest BCUT2D eigenvalue weighted by atomic mass is 127. The van der Waals surface area contributed by atoms with Crippen molar-refractivity contribution < 1.29 is 17.9 Å². The standard InChI is InChI=1S/C11H5F3INO/c12-6-5-7(13)11(16-10(6)14)17-9-4-2-1-3-8(9)15/h1-5H. The monoisotopic (exact) mass is 351 g/mol. The van der Waals surface area contributed by atoms with Crippen LogP contribution in [0.25, 0.3) is 0 Å². The SMILES string of the molecule is Fc1cc(F)c(Oc2ccccc2I)nc1F. The van der Waals surface area contributed by atoms with Crippen LogP contribution in [0.5, 0.6) is 11.6 Å². The van der Waals surface area contributed by atoms with Crippen molar-refractivity contribution in [3.8, 4) is 11.6 Å². The van der Waals surface area contributed by atoms with E-state index in [0.29, 0.717) is 15.4 Å². The smallest absolute Gasteiger partial charge is 0.258 e. The number of ether oxygens (including phenoxy) is 1. The predicted molar refractivity (Wildman–Crippen MR) is 63.3 cm³/mol. The molecule has 0 spiro atoms. The molecule has 17 heavy (non-hydrogen) atoms. The van der Waals surface area contributed by atoms with Crippen LogP contribution in [-0.4, -0.2) is 4.98 Å². The topological polar surface area (TPSA) is 22.1 Å². The normalized spacial score (nSPS) is 10.4. The van der Waals surface area contributed by atoms with Gasteiger partial charge in [-0.3, -0.25) is 0 Å². The van der Waals surface area contributed by atoms with E-state index in [2.05, 4.69) is 4.98 Å². The molecule has 0 amide bonds. The minimum Gasteiger partial charge on any atom is -0.435 e. The van der Waals surface area contributed by atoms with Crippen LogP contribution in [0.4, 0.5) is 13.2 Å². The summed E-state index contributed by atoms with van der Waals surface area (Å²) in [6.07, 6.45) is 0. The first-order chi connectivity index (χ1) is 8.08. The molecule has 0 aliphatic heterocycles. The molecule has 2 aromatic rings. The molecule has 1 aromatic carbocycles. The van der Waals surface area contributed by atoms with Gasteiger partial charge >= 0.3 is 0 Å². The number of para-hydroxylation sites is 1. The summed E-state index contributed by atoms with van der Waals surface area (Å²) in [5.41, 5.74) is 0. The summed E-state index contributed by atoms with van der Waals surface area (Å²) >= 11 is 1.97.